The first kappa shape index (κ1) is 10.5. The van der Waals surface area contributed by atoms with Gasteiger partial charge in [-0.2, -0.15) is 0 Å². The highest BCUT2D eigenvalue weighted by Gasteiger charge is 2.23. The number of fused-ring (bicyclic) bond motifs is 1. The van der Waals surface area contributed by atoms with Gasteiger partial charge in [0.05, 0.1) is 0 Å². The SMILES string of the molecule is CCC(C)n1c(C)cc2c1CCCC2=O. The fourth-order valence-corrected chi connectivity index (χ4v) is 2.55. The predicted octanol–water partition coefficient (Wildman–Crippen LogP) is 3.29. The van der Waals surface area contributed by atoms with Crippen molar-refractivity contribution in [3.63, 3.8) is 0 Å². The summed E-state index contributed by atoms with van der Waals surface area (Å²) >= 11 is 0. The zero-order valence-electron chi connectivity index (χ0n) is 9.84. The van der Waals surface area contributed by atoms with Crippen molar-refractivity contribution in [2.24, 2.45) is 0 Å². The average Bonchev–Trinajstić information content (AvgIpc) is 2.55. The fraction of sp³-hybridized carbons (Fsp3) is 0.615. The van der Waals surface area contributed by atoms with Crippen molar-refractivity contribution in [3.05, 3.63) is 23.0 Å². The van der Waals surface area contributed by atoms with Crippen LogP contribution in [0, 0.1) is 6.92 Å². The van der Waals surface area contributed by atoms with Crippen molar-refractivity contribution in [3.8, 4) is 0 Å². The molecule has 1 aliphatic carbocycles. The van der Waals surface area contributed by atoms with Crippen LogP contribution in [-0.2, 0) is 6.42 Å². The molecule has 0 amide bonds. The van der Waals surface area contributed by atoms with E-state index in [0.717, 1.165) is 31.2 Å². The molecule has 0 spiro atoms. The largest absolute Gasteiger partial charge is 0.345 e. The summed E-state index contributed by atoms with van der Waals surface area (Å²) in [5.74, 6) is 0.335. The van der Waals surface area contributed by atoms with Crippen molar-refractivity contribution in [2.45, 2.75) is 52.5 Å². The maximum absolute atomic E-state index is 11.7. The van der Waals surface area contributed by atoms with Gasteiger partial charge in [-0.3, -0.25) is 4.79 Å². The third-order valence-electron chi connectivity index (χ3n) is 3.48. The van der Waals surface area contributed by atoms with Crippen LogP contribution in [0.1, 0.15) is 60.9 Å². The monoisotopic (exact) mass is 205 g/mol. The fourth-order valence-electron chi connectivity index (χ4n) is 2.55. The number of carbonyl (C=O) groups excluding carboxylic acids is 1. The number of rotatable bonds is 2. The lowest BCUT2D eigenvalue weighted by atomic mass is 9.96. The molecule has 0 radical (unpaired) electrons. The standard InChI is InChI=1S/C13H19NO/c1-4-9(2)14-10(3)8-11-12(14)6-5-7-13(11)15/h8-9H,4-7H2,1-3H3. The smallest absolute Gasteiger partial charge is 0.164 e. The van der Waals surface area contributed by atoms with E-state index in [9.17, 15) is 4.79 Å². The highest BCUT2D eigenvalue weighted by molar-refractivity contribution is 5.98. The van der Waals surface area contributed by atoms with E-state index in [-0.39, 0.29) is 0 Å². The molecule has 0 N–H and O–H groups in total. The molecule has 0 saturated carbocycles. The Morgan fingerprint density at radius 2 is 2.20 bits per heavy atom. The van der Waals surface area contributed by atoms with E-state index < -0.39 is 0 Å². The van der Waals surface area contributed by atoms with Gasteiger partial charge in [-0.25, -0.2) is 0 Å². The first-order valence-corrected chi connectivity index (χ1v) is 5.89. The first-order valence-electron chi connectivity index (χ1n) is 5.89. The highest BCUT2D eigenvalue weighted by atomic mass is 16.1. The van der Waals surface area contributed by atoms with Gasteiger partial charge in [0.2, 0.25) is 0 Å². The lowest BCUT2D eigenvalue weighted by Gasteiger charge is -2.20. The third-order valence-corrected chi connectivity index (χ3v) is 3.48. The van der Waals surface area contributed by atoms with Crippen LogP contribution < -0.4 is 0 Å². The molecule has 1 atom stereocenters. The van der Waals surface area contributed by atoms with Gasteiger partial charge in [-0.15, -0.1) is 0 Å². The van der Waals surface area contributed by atoms with Crippen molar-refractivity contribution in [1.82, 2.24) is 4.57 Å². The summed E-state index contributed by atoms with van der Waals surface area (Å²) in [5.41, 5.74) is 3.50. The summed E-state index contributed by atoms with van der Waals surface area (Å²) in [4.78, 5) is 11.7. The predicted molar refractivity (Wildman–Crippen MR) is 61.4 cm³/mol. The maximum Gasteiger partial charge on any atom is 0.164 e. The molecule has 1 aromatic rings. The topological polar surface area (TPSA) is 22.0 Å². The Morgan fingerprint density at radius 3 is 2.87 bits per heavy atom. The Balaban J connectivity index is 2.51. The van der Waals surface area contributed by atoms with Gasteiger partial charge in [0.25, 0.3) is 0 Å². The molecule has 2 heteroatoms. The molecule has 0 fully saturated rings. The minimum atomic E-state index is 0.335. The lowest BCUT2D eigenvalue weighted by Crippen LogP contribution is -2.15. The molecule has 0 aromatic carbocycles. The van der Waals surface area contributed by atoms with Gasteiger partial charge in [0, 0.05) is 29.4 Å². The van der Waals surface area contributed by atoms with Crippen molar-refractivity contribution in [1.29, 1.82) is 0 Å². The van der Waals surface area contributed by atoms with Gasteiger partial charge in [0.15, 0.2) is 5.78 Å². The molecule has 15 heavy (non-hydrogen) atoms. The molecule has 0 bridgehead atoms. The number of hydrogen-bond acceptors (Lipinski definition) is 1. The highest BCUT2D eigenvalue weighted by Crippen LogP contribution is 2.28. The van der Waals surface area contributed by atoms with Crippen LogP contribution >= 0.6 is 0 Å². The summed E-state index contributed by atoms with van der Waals surface area (Å²) < 4.78 is 2.35. The summed E-state index contributed by atoms with van der Waals surface area (Å²) in [6.07, 6.45) is 3.94. The van der Waals surface area contributed by atoms with Crippen LogP contribution in [0.3, 0.4) is 0 Å². The van der Waals surface area contributed by atoms with Crippen molar-refractivity contribution < 1.29 is 4.79 Å². The van der Waals surface area contributed by atoms with Crippen LogP contribution in [0.4, 0.5) is 0 Å². The van der Waals surface area contributed by atoms with E-state index in [0.29, 0.717) is 11.8 Å². The van der Waals surface area contributed by atoms with E-state index in [1.165, 1.54) is 11.4 Å². The number of Topliss-reactive ketones (excluding diaryl/α,β-unsaturated/α-hetero) is 1. The van der Waals surface area contributed by atoms with E-state index in [1.54, 1.807) is 0 Å². The zero-order valence-corrected chi connectivity index (χ0v) is 9.84. The molecule has 1 unspecified atom stereocenters. The van der Waals surface area contributed by atoms with Crippen LogP contribution in [0.5, 0.6) is 0 Å². The molecule has 2 rings (SSSR count). The van der Waals surface area contributed by atoms with E-state index in [1.807, 2.05) is 0 Å². The van der Waals surface area contributed by atoms with Gasteiger partial charge in [-0.05, 0) is 39.2 Å². The van der Waals surface area contributed by atoms with Crippen LogP contribution in [-0.4, -0.2) is 10.4 Å². The number of hydrogen-bond donors (Lipinski definition) is 0. The van der Waals surface area contributed by atoms with Gasteiger partial charge in [-0.1, -0.05) is 6.92 Å². The second kappa shape index (κ2) is 3.84. The summed E-state index contributed by atoms with van der Waals surface area (Å²) in [5, 5.41) is 0. The maximum atomic E-state index is 11.7. The van der Waals surface area contributed by atoms with Gasteiger partial charge in [0.1, 0.15) is 0 Å². The molecule has 1 heterocycles. The summed E-state index contributed by atoms with van der Waals surface area (Å²) in [6.45, 7) is 6.53. The first-order chi connectivity index (χ1) is 7.15. The van der Waals surface area contributed by atoms with Crippen LogP contribution in [0.15, 0.2) is 6.07 Å². The minimum absolute atomic E-state index is 0.335. The van der Waals surface area contributed by atoms with E-state index in [4.69, 9.17) is 0 Å². The van der Waals surface area contributed by atoms with E-state index in [2.05, 4.69) is 31.4 Å². The molecule has 0 saturated heterocycles. The number of aryl methyl sites for hydroxylation is 1. The molecule has 0 aliphatic heterocycles. The minimum Gasteiger partial charge on any atom is -0.345 e. The van der Waals surface area contributed by atoms with Crippen LogP contribution in [0.25, 0.3) is 0 Å². The Morgan fingerprint density at radius 1 is 1.47 bits per heavy atom. The van der Waals surface area contributed by atoms with Gasteiger partial charge < -0.3 is 4.57 Å². The van der Waals surface area contributed by atoms with E-state index >= 15 is 0 Å². The van der Waals surface area contributed by atoms with Gasteiger partial charge >= 0.3 is 0 Å². The molecular formula is C13H19NO. The number of nitrogens with zero attached hydrogens (tertiary/aromatic N) is 1. The third kappa shape index (κ3) is 1.62. The van der Waals surface area contributed by atoms with Crippen molar-refractivity contribution in [2.75, 3.05) is 0 Å². The number of carbonyl (C=O) groups is 1. The number of ketones is 1. The molecule has 82 valence electrons. The quantitative estimate of drug-likeness (QED) is 0.726. The Labute approximate surface area is 91.3 Å². The zero-order chi connectivity index (χ0) is 11.0. The average molecular weight is 205 g/mol. The second-order valence-electron chi connectivity index (χ2n) is 4.55. The summed E-state index contributed by atoms with van der Waals surface area (Å²) in [6, 6.07) is 2.59. The van der Waals surface area contributed by atoms with Crippen LogP contribution in [0.2, 0.25) is 0 Å². The molecular weight excluding hydrogens is 186 g/mol. The molecule has 1 aromatic heterocycles. The normalized spacial score (nSPS) is 17.7. The number of aromatic nitrogens is 1. The molecule has 2 nitrogen and oxygen atoms in total. The summed E-state index contributed by atoms with van der Waals surface area (Å²) in [7, 11) is 0. The van der Waals surface area contributed by atoms with Crippen molar-refractivity contribution >= 4 is 5.78 Å². The second-order valence-corrected chi connectivity index (χ2v) is 4.55. The molecule has 1 aliphatic rings. The Bertz CT molecular complexity index is 389. The lowest BCUT2D eigenvalue weighted by molar-refractivity contribution is 0.0971. The Hall–Kier alpha value is -1.05. The Kier molecular flexibility index (Phi) is 2.68.